The van der Waals surface area contributed by atoms with Gasteiger partial charge in [-0.1, -0.05) is 18.2 Å². The maximum absolute atomic E-state index is 12.7. The van der Waals surface area contributed by atoms with Crippen LogP contribution in [-0.4, -0.2) is 31.0 Å². The molecule has 0 fully saturated rings. The van der Waals surface area contributed by atoms with Gasteiger partial charge in [0.05, 0.1) is 7.11 Å². The van der Waals surface area contributed by atoms with Crippen molar-refractivity contribution < 1.29 is 19.1 Å². The summed E-state index contributed by atoms with van der Waals surface area (Å²) in [7, 11) is 3.11. The second-order valence-electron chi connectivity index (χ2n) is 6.93. The molecule has 0 radical (unpaired) electrons. The molecule has 7 heteroatoms. The Morgan fingerprint density at radius 2 is 1.66 bits per heavy atom. The highest BCUT2D eigenvalue weighted by Crippen LogP contribution is 2.30. The fourth-order valence-electron chi connectivity index (χ4n) is 3.26. The first-order valence-corrected chi connectivity index (χ1v) is 9.91. The topological polar surface area (TPSA) is 89.6 Å². The van der Waals surface area contributed by atoms with E-state index in [0.29, 0.717) is 28.5 Å². The van der Waals surface area contributed by atoms with Crippen LogP contribution in [0.25, 0.3) is 10.8 Å². The van der Waals surface area contributed by atoms with Gasteiger partial charge in [0.2, 0.25) is 0 Å². The lowest BCUT2D eigenvalue weighted by Gasteiger charge is -2.12. The molecule has 0 saturated carbocycles. The van der Waals surface area contributed by atoms with Gasteiger partial charge in [0.1, 0.15) is 22.9 Å². The SMILES string of the molecule is CNC(=O)c1cc(Oc2ccc3c(NC(=O)c4cccc(OC)c4)cccc3c2)ccn1. The number of benzene rings is 3. The number of ether oxygens (including phenoxy) is 2. The molecule has 7 nitrogen and oxygen atoms in total. The number of rotatable bonds is 6. The Morgan fingerprint density at radius 3 is 2.47 bits per heavy atom. The van der Waals surface area contributed by atoms with E-state index in [-0.39, 0.29) is 17.5 Å². The predicted molar refractivity (Wildman–Crippen MR) is 123 cm³/mol. The Kier molecular flexibility index (Phi) is 5.98. The van der Waals surface area contributed by atoms with Gasteiger partial charge in [-0.3, -0.25) is 14.6 Å². The molecule has 0 spiro atoms. The van der Waals surface area contributed by atoms with Crippen LogP contribution >= 0.6 is 0 Å². The Labute approximate surface area is 185 Å². The Hall–Kier alpha value is -4.39. The molecule has 1 aromatic heterocycles. The highest BCUT2D eigenvalue weighted by atomic mass is 16.5. The Balaban J connectivity index is 1.57. The van der Waals surface area contributed by atoms with Gasteiger partial charge in [-0.2, -0.15) is 0 Å². The molecule has 0 unspecified atom stereocenters. The van der Waals surface area contributed by atoms with Crippen molar-refractivity contribution in [2.75, 3.05) is 19.5 Å². The summed E-state index contributed by atoms with van der Waals surface area (Å²) in [5.74, 6) is 1.21. The largest absolute Gasteiger partial charge is 0.497 e. The number of aromatic nitrogens is 1. The molecule has 0 saturated heterocycles. The molecule has 0 atom stereocenters. The molecule has 1 heterocycles. The fraction of sp³-hybridized carbons (Fsp3) is 0.0800. The number of carbonyl (C=O) groups excluding carboxylic acids is 2. The third kappa shape index (κ3) is 4.52. The quantitative estimate of drug-likeness (QED) is 0.468. The van der Waals surface area contributed by atoms with Crippen molar-refractivity contribution in [2.45, 2.75) is 0 Å². The fourth-order valence-corrected chi connectivity index (χ4v) is 3.26. The predicted octanol–water partition coefficient (Wildman–Crippen LogP) is 4.65. The Bertz CT molecular complexity index is 1300. The van der Waals surface area contributed by atoms with Crippen molar-refractivity contribution in [3.63, 3.8) is 0 Å². The monoisotopic (exact) mass is 427 g/mol. The molecular weight excluding hydrogens is 406 g/mol. The molecule has 0 aliphatic carbocycles. The third-order valence-electron chi connectivity index (χ3n) is 4.86. The van der Waals surface area contributed by atoms with Gasteiger partial charge >= 0.3 is 0 Å². The first kappa shape index (κ1) is 20.9. The molecule has 0 aliphatic heterocycles. The molecule has 4 rings (SSSR count). The van der Waals surface area contributed by atoms with Crippen LogP contribution in [0.1, 0.15) is 20.8 Å². The van der Waals surface area contributed by atoms with Gasteiger partial charge < -0.3 is 20.1 Å². The van der Waals surface area contributed by atoms with E-state index in [9.17, 15) is 9.59 Å². The van der Waals surface area contributed by atoms with E-state index in [2.05, 4.69) is 15.6 Å². The number of fused-ring (bicyclic) bond motifs is 1. The minimum atomic E-state index is -0.287. The summed E-state index contributed by atoms with van der Waals surface area (Å²) in [6.45, 7) is 0. The molecule has 2 amide bonds. The number of hydrogen-bond donors (Lipinski definition) is 2. The van der Waals surface area contributed by atoms with Gasteiger partial charge in [-0.15, -0.1) is 0 Å². The zero-order valence-electron chi connectivity index (χ0n) is 17.6. The molecule has 0 bridgehead atoms. The van der Waals surface area contributed by atoms with Gasteiger partial charge in [0, 0.05) is 35.9 Å². The summed E-state index contributed by atoms with van der Waals surface area (Å²) in [6, 6.07) is 21.5. The molecular formula is C25H21N3O4. The minimum absolute atomic E-state index is 0.227. The van der Waals surface area contributed by atoms with Crippen molar-refractivity contribution in [3.8, 4) is 17.2 Å². The summed E-state index contributed by atoms with van der Waals surface area (Å²) in [6.07, 6.45) is 1.52. The number of hydrogen-bond acceptors (Lipinski definition) is 5. The van der Waals surface area contributed by atoms with Gasteiger partial charge in [0.15, 0.2) is 0 Å². The number of nitrogens with one attached hydrogen (secondary N) is 2. The average Bonchev–Trinajstić information content (AvgIpc) is 2.83. The molecule has 2 N–H and O–H groups in total. The maximum Gasteiger partial charge on any atom is 0.269 e. The highest BCUT2D eigenvalue weighted by Gasteiger charge is 2.11. The lowest BCUT2D eigenvalue weighted by atomic mass is 10.1. The normalized spacial score (nSPS) is 10.4. The first-order valence-electron chi connectivity index (χ1n) is 9.91. The van der Waals surface area contributed by atoms with E-state index in [1.807, 2.05) is 36.4 Å². The van der Waals surface area contributed by atoms with Gasteiger partial charge in [-0.05, 0) is 53.9 Å². The van der Waals surface area contributed by atoms with E-state index in [1.165, 1.54) is 6.20 Å². The Morgan fingerprint density at radius 1 is 0.844 bits per heavy atom. The molecule has 3 aromatic carbocycles. The van der Waals surface area contributed by atoms with Crippen LogP contribution in [0.4, 0.5) is 5.69 Å². The van der Waals surface area contributed by atoms with Crippen LogP contribution in [0.15, 0.2) is 79.0 Å². The minimum Gasteiger partial charge on any atom is -0.497 e. The van der Waals surface area contributed by atoms with Crippen molar-refractivity contribution in [2.24, 2.45) is 0 Å². The van der Waals surface area contributed by atoms with Gasteiger partial charge in [0.25, 0.3) is 11.8 Å². The van der Waals surface area contributed by atoms with Crippen molar-refractivity contribution in [3.05, 3.63) is 90.3 Å². The molecule has 160 valence electrons. The van der Waals surface area contributed by atoms with Crippen molar-refractivity contribution in [1.29, 1.82) is 0 Å². The van der Waals surface area contributed by atoms with Crippen LogP contribution in [0.2, 0.25) is 0 Å². The number of methoxy groups -OCH3 is 1. The third-order valence-corrected chi connectivity index (χ3v) is 4.86. The smallest absolute Gasteiger partial charge is 0.269 e. The lowest BCUT2D eigenvalue weighted by molar-refractivity contribution is 0.0957. The standard InChI is InChI=1S/C25H21N3O4/c1-26-25(30)23-15-20(11-12-27-23)32-19-9-10-21-16(13-19)5-4-8-22(21)28-24(29)17-6-3-7-18(14-17)31-2/h3-15H,1-2H3,(H,26,30)(H,28,29). The van der Waals surface area contributed by atoms with Crippen molar-refractivity contribution in [1.82, 2.24) is 10.3 Å². The highest BCUT2D eigenvalue weighted by molar-refractivity contribution is 6.09. The van der Waals surface area contributed by atoms with E-state index in [0.717, 1.165) is 10.8 Å². The van der Waals surface area contributed by atoms with Crippen LogP contribution in [0.3, 0.4) is 0 Å². The second-order valence-corrected chi connectivity index (χ2v) is 6.93. The molecule has 4 aromatic rings. The van der Waals surface area contributed by atoms with Crippen molar-refractivity contribution >= 4 is 28.3 Å². The number of carbonyl (C=O) groups is 2. The number of amides is 2. The summed E-state index contributed by atoms with van der Waals surface area (Å²) >= 11 is 0. The number of anilines is 1. The van der Waals surface area contributed by atoms with Crippen LogP contribution in [0, 0.1) is 0 Å². The van der Waals surface area contributed by atoms with E-state index in [1.54, 1.807) is 50.6 Å². The van der Waals surface area contributed by atoms with Gasteiger partial charge in [-0.25, -0.2) is 0 Å². The van der Waals surface area contributed by atoms with Crippen LogP contribution in [-0.2, 0) is 0 Å². The van der Waals surface area contributed by atoms with Crippen LogP contribution < -0.4 is 20.1 Å². The first-order chi connectivity index (χ1) is 15.6. The summed E-state index contributed by atoms with van der Waals surface area (Å²) in [5, 5.41) is 7.27. The van der Waals surface area contributed by atoms with Crippen LogP contribution in [0.5, 0.6) is 17.2 Å². The number of nitrogens with zero attached hydrogens (tertiary/aromatic N) is 1. The summed E-state index contributed by atoms with van der Waals surface area (Å²) in [5.41, 5.74) is 1.46. The van der Waals surface area contributed by atoms with E-state index < -0.39 is 0 Å². The zero-order valence-corrected chi connectivity index (χ0v) is 17.6. The summed E-state index contributed by atoms with van der Waals surface area (Å²) < 4.78 is 11.1. The summed E-state index contributed by atoms with van der Waals surface area (Å²) in [4.78, 5) is 28.5. The maximum atomic E-state index is 12.7. The van der Waals surface area contributed by atoms with E-state index in [4.69, 9.17) is 9.47 Å². The second kappa shape index (κ2) is 9.18. The van der Waals surface area contributed by atoms with E-state index >= 15 is 0 Å². The molecule has 0 aliphatic rings. The average molecular weight is 427 g/mol. The lowest BCUT2D eigenvalue weighted by Crippen LogP contribution is -2.18. The molecule has 32 heavy (non-hydrogen) atoms. The zero-order chi connectivity index (χ0) is 22.5. The number of pyridine rings is 1.